The van der Waals surface area contributed by atoms with Gasteiger partial charge in [-0.3, -0.25) is 0 Å². The number of alkyl halides is 2. The fourth-order valence-electron chi connectivity index (χ4n) is 2.98. The number of hydrogen-bond donors (Lipinski definition) is 2. The Labute approximate surface area is 194 Å². The van der Waals surface area contributed by atoms with E-state index in [1.54, 1.807) is 25.1 Å². The number of benzene rings is 2. The molecule has 0 aliphatic heterocycles. The molecule has 0 unspecified atom stereocenters. The molecule has 0 bridgehead atoms. The molecule has 3 rings (SSSR count). The van der Waals surface area contributed by atoms with Crippen molar-refractivity contribution >= 4 is 45.3 Å². The maximum atomic E-state index is 12.7. The number of nitrogens with one attached hydrogen (secondary N) is 2. The molecule has 9 heteroatoms. The van der Waals surface area contributed by atoms with Crippen molar-refractivity contribution in [2.75, 3.05) is 17.2 Å². The van der Waals surface area contributed by atoms with Crippen molar-refractivity contribution in [1.82, 2.24) is 0 Å². The van der Waals surface area contributed by atoms with Gasteiger partial charge in [0.2, 0.25) is 0 Å². The summed E-state index contributed by atoms with van der Waals surface area (Å²) in [5.74, 6) is -0.498. The van der Waals surface area contributed by atoms with Crippen molar-refractivity contribution < 1.29 is 23.0 Å². The van der Waals surface area contributed by atoms with Crippen molar-refractivity contribution in [3.8, 4) is 5.75 Å². The minimum atomic E-state index is -2.96. The predicted octanol–water partition coefficient (Wildman–Crippen LogP) is 6.23. The number of rotatable bonds is 8. The van der Waals surface area contributed by atoms with Crippen LogP contribution in [0.15, 0.2) is 54.6 Å². The second-order valence-corrected chi connectivity index (χ2v) is 8.34. The Kier molecular flexibility index (Phi) is 8.13. The molecule has 0 saturated heterocycles. The third-order valence-corrected chi connectivity index (χ3v) is 5.58. The van der Waals surface area contributed by atoms with Crippen molar-refractivity contribution in [2.24, 2.45) is 0 Å². The molecular weight excluding hydrogens is 454 g/mol. The summed E-state index contributed by atoms with van der Waals surface area (Å²) in [4.78, 5) is 13.4. The molecule has 2 aromatic carbocycles. The Hall–Kier alpha value is -3.04. The summed E-state index contributed by atoms with van der Waals surface area (Å²) in [5.41, 5.74) is 2.59. The van der Waals surface area contributed by atoms with E-state index in [1.807, 2.05) is 37.3 Å². The SMILES string of the molecule is CCOC(=O)c1cc(Cc2ccccc2)sc1NC(=S)Nc1cc(C)ccc1OC(F)F. The molecule has 0 amide bonds. The van der Waals surface area contributed by atoms with E-state index in [9.17, 15) is 13.6 Å². The highest BCUT2D eigenvalue weighted by Crippen LogP contribution is 2.32. The largest absolute Gasteiger partial charge is 0.462 e. The molecule has 0 saturated carbocycles. The van der Waals surface area contributed by atoms with Crippen LogP contribution in [0.25, 0.3) is 0 Å². The minimum absolute atomic E-state index is 0.0312. The summed E-state index contributed by atoms with van der Waals surface area (Å²) in [5, 5.41) is 6.52. The van der Waals surface area contributed by atoms with Crippen LogP contribution in [-0.4, -0.2) is 24.3 Å². The Balaban J connectivity index is 1.81. The van der Waals surface area contributed by atoms with Crippen LogP contribution >= 0.6 is 23.6 Å². The summed E-state index contributed by atoms with van der Waals surface area (Å²) in [7, 11) is 0. The molecule has 1 heterocycles. The quantitative estimate of drug-likeness (QED) is 0.297. The average Bonchev–Trinajstić information content (AvgIpc) is 3.12. The first kappa shape index (κ1) is 23.6. The highest BCUT2D eigenvalue weighted by molar-refractivity contribution is 7.80. The van der Waals surface area contributed by atoms with Crippen LogP contribution in [0.5, 0.6) is 5.75 Å². The van der Waals surface area contributed by atoms with Crippen LogP contribution in [0.2, 0.25) is 0 Å². The van der Waals surface area contributed by atoms with E-state index >= 15 is 0 Å². The van der Waals surface area contributed by atoms with Crippen molar-refractivity contribution in [1.29, 1.82) is 0 Å². The highest BCUT2D eigenvalue weighted by atomic mass is 32.1. The van der Waals surface area contributed by atoms with Crippen LogP contribution in [0.1, 0.15) is 33.3 Å². The molecule has 0 atom stereocenters. The van der Waals surface area contributed by atoms with E-state index in [4.69, 9.17) is 17.0 Å². The standard InChI is InChI=1S/C23H22F2N2O3S2/c1-3-29-21(28)17-13-16(12-15-7-5-4-6-8-15)32-20(17)27-23(31)26-18-11-14(2)9-10-19(18)30-22(24)25/h4-11,13,22H,3,12H2,1-2H3,(H2,26,27,31). The molecule has 0 spiro atoms. The van der Waals surface area contributed by atoms with Gasteiger partial charge in [-0.05, 0) is 55.4 Å². The minimum Gasteiger partial charge on any atom is -0.462 e. The third kappa shape index (κ3) is 6.48. The van der Waals surface area contributed by atoms with Crippen molar-refractivity contribution in [3.63, 3.8) is 0 Å². The number of carbonyl (C=O) groups is 1. The van der Waals surface area contributed by atoms with Gasteiger partial charge in [-0.15, -0.1) is 11.3 Å². The Morgan fingerprint density at radius 1 is 1.12 bits per heavy atom. The van der Waals surface area contributed by atoms with E-state index in [2.05, 4.69) is 15.4 Å². The molecule has 2 N–H and O–H groups in total. The van der Waals surface area contributed by atoms with E-state index in [0.29, 0.717) is 22.7 Å². The van der Waals surface area contributed by atoms with Gasteiger partial charge in [0.15, 0.2) is 5.11 Å². The number of anilines is 2. The van der Waals surface area contributed by atoms with Gasteiger partial charge in [0.1, 0.15) is 10.8 Å². The number of hydrogen-bond acceptors (Lipinski definition) is 5. The summed E-state index contributed by atoms with van der Waals surface area (Å²) in [6.45, 7) is 0.828. The van der Waals surface area contributed by atoms with Gasteiger partial charge in [0.25, 0.3) is 0 Å². The molecule has 0 fully saturated rings. The summed E-state index contributed by atoms with van der Waals surface area (Å²) in [6.07, 6.45) is 0.643. The predicted molar refractivity (Wildman–Crippen MR) is 127 cm³/mol. The van der Waals surface area contributed by atoms with E-state index in [-0.39, 0.29) is 17.5 Å². The average molecular weight is 477 g/mol. The zero-order valence-electron chi connectivity index (χ0n) is 17.5. The first-order valence-electron chi connectivity index (χ1n) is 9.83. The molecular formula is C23H22F2N2O3S2. The molecule has 0 aliphatic carbocycles. The number of thiocarbonyl (C=S) groups is 1. The van der Waals surface area contributed by atoms with Crippen molar-refractivity contribution in [2.45, 2.75) is 26.9 Å². The first-order chi connectivity index (χ1) is 15.4. The first-order valence-corrected chi connectivity index (χ1v) is 11.1. The smallest absolute Gasteiger partial charge is 0.387 e. The summed E-state index contributed by atoms with van der Waals surface area (Å²) >= 11 is 6.75. The van der Waals surface area contributed by atoms with Gasteiger partial charge in [0, 0.05) is 11.3 Å². The molecule has 32 heavy (non-hydrogen) atoms. The lowest BCUT2D eigenvalue weighted by atomic mass is 10.1. The number of ether oxygens (including phenoxy) is 2. The topological polar surface area (TPSA) is 59.6 Å². The lowest BCUT2D eigenvalue weighted by Crippen LogP contribution is -2.21. The third-order valence-electron chi connectivity index (χ3n) is 4.33. The zero-order valence-corrected chi connectivity index (χ0v) is 19.1. The Morgan fingerprint density at radius 2 is 1.88 bits per heavy atom. The molecule has 0 aliphatic rings. The normalized spacial score (nSPS) is 10.7. The fourth-order valence-corrected chi connectivity index (χ4v) is 4.34. The van der Waals surface area contributed by atoms with Crippen LogP contribution < -0.4 is 15.4 Å². The number of aryl methyl sites for hydroxylation is 1. The molecule has 3 aromatic rings. The van der Waals surface area contributed by atoms with Crippen LogP contribution in [0, 0.1) is 6.92 Å². The fraction of sp³-hybridized carbons (Fsp3) is 0.217. The maximum Gasteiger partial charge on any atom is 0.387 e. The Morgan fingerprint density at radius 3 is 2.56 bits per heavy atom. The van der Waals surface area contributed by atoms with Crippen molar-refractivity contribution in [3.05, 3.63) is 76.2 Å². The number of esters is 1. The zero-order chi connectivity index (χ0) is 23.1. The molecule has 168 valence electrons. The van der Waals surface area contributed by atoms with Crippen LogP contribution in [0.4, 0.5) is 19.5 Å². The molecule has 5 nitrogen and oxygen atoms in total. The van der Waals surface area contributed by atoms with E-state index in [1.165, 1.54) is 17.4 Å². The van der Waals surface area contributed by atoms with Crippen LogP contribution in [0.3, 0.4) is 0 Å². The van der Waals surface area contributed by atoms with Gasteiger partial charge in [-0.25, -0.2) is 4.79 Å². The Bertz CT molecular complexity index is 1090. The second-order valence-electron chi connectivity index (χ2n) is 6.80. The summed E-state index contributed by atoms with van der Waals surface area (Å²) < 4.78 is 35.2. The number of carbonyl (C=O) groups excluding carboxylic acids is 1. The van der Waals surface area contributed by atoms with Crippen LogP contribution in [-0.2, 0) is 11.2 Å². The van der Waals surface area contributed by atoms with Gasteiger partial charge < -0.3 is 20.1 Å². The lowest BCUT2D eigenvalue weighted by molar-refractivity contribution is -0.0493. The van der Waals surface area contributed by atoms with Gasteiger partial charge in [-0.1, -0.05) is 36.4 Å². The monoisotopic (exact) mass is 476 g/mol. The summed E-state index contributed by atoms with van der Waals surface area (Å²) in [6, 6.07) is 16.4. The number of thiophene rings is 1. The maximum absolute atomic E-state index is 12.7. The molecule has 0 radical (unpaired) electrons. The van der Waals surface area contributed by atoms with Gasteiger partial charge in [-0.2, -0.15) is 8.78 Å². The van der Waals surface area contributed by atoms with Gasteiger partial charge in [0.05, 0.1) is 17.9 Å². The van der Waals surface area contributed by atoms with E-state index < -0.39 is 12.6 Å². The highest BCUT2D eigenvalue weighted by Gasteiger charge is 2.19. The lowest BCUT2D eigenvalue weighted by Gasteiger charge is -2.15. The molecule has 1 aromatic heterocycles. The number of halogens is 2. The van der Waals surface area contributed by atoms with Gasteiger partial charge >= 0.3 is 12.6 Å². The van der Waals surface area contributed by atoms with E-state index in [0.717, 1.165) is 16.0 Å². The second kappa shape index (κ2) is 11.0.